The highest BCUT2D eigenvalue weighted by Crippen LogP contribution is 2.30. The zero-order valence-electron chi connectivity index (χ0n) is 11.9. The Morgan fingerprint density at radius 3 is 3.00 bits per heavy atom. The third-order valence-electron chi connectivity index (χ3n) is 3.81. The van der Waals surface area contributed by atoms with Gasteiger partial charge in [0.1, 0.15) is 17.9 Å². The lowest BCUT2D eigenvalue weighted by Crippen LogP contribution is -2.13. The van der Waals surface area contributed by atoms with Crippen molar-refractivity contribution >= 4 is 17.9 Å². The van der Waals surface area contributed by atoms with Crippen LogP contribution in [0.5, 0.6) is 0 Å². The number of amides is 1. The molecular formula is C16H16FN3O2. The van der Waals surface area contributed by atoms with Gasteiger partial charge in [-0.1, -0.05) is 6.42 Å². The van der Waals surface area contributed by atoms with Crippen molar-refractivity contribution in [2.45, 2.75) is 31.6 Å². The van der Waals surface area contributed by atoms with Gasteiger partial charge in [-0.2, -0.15) is 0 Å². The summed E-state index contributed by atoms with van der Waals surface area (Å²) >= 11 is 0. The molecule has 1 aliphatic rings. The maximum atomic E-state index is 13.5. The molecule has 0 saturated heterocycles. The van der Waals surface area contributed by atoms with Gasteiger partial charge in [-0.05, 0) is 31.0 Å². The number of aromatic nitrogens is 2. The molecule has 2 heterocycles. The van der Waals surface area contributed by atoms with E-state index in [1.807, 2.05) is 0 Å². The van der Waals surface area contributed by atoms with Crippen LogP contribution < -0.4 is 5.32 Å². The number of hydrogen-bond acceptors (Lipinski definition) is 3. The molecule has 22 heavy (non-hydrogen) atoms. The average molecular weight is 301 g/mol. The maximum Gasteiger partial charge on any atom is 0.224 e. The Balaban J connectivity index is 2.07. The molecule has 0 unspecified atom stereocenters. The van der Waals surface area contributed by atoms with Crippen molar-refractivity contribution in [3.05, 3.63) is 36.0 Å². The molecule has 0 radical (unpaired) electrons. The minimum Gasteiger partial charge on any atom is -0.347 e. The highest BCUT2D eigenvalue weighted by molar-refractivity contribution is 5.95. The van der Waals surface area contributed by atoms with Gasteiger partial charge < -0.3 is 15.1 Å². The number of imidazole rings is 1. The number of aromatic amines is 1. The number of carbonyl (C=O) groups is 2. The number of hydrogen-bond donors (Lipinski definition) is 2. The molecule has 114 valence electrons. The lowest BCUT2D eigenvalue weighted by atomic mass is 10.0. The highest BCUT2D eigenvalue weighted by Gasteiger charge is 2.18. The van der Waals surface area contributed by atoms with E-state index in [1.54, 1.807) is 12.3 Å². The van der Waals surface area contributed by atoms with Gasteiger partial charge in [0.05, 0.1) is 17.3 Å². The van der Waals surface area contributed by atoms with Gasteiger partial charge in [-0.3, -0.25) is 4.79 Å². The van der Waals surface area contributed by atoms with E-state index >= 15 is 0 Å². The van der Waals surface area contributed by atoms with Crippen LogP contribution in [0.25, 0.3) is 11.3 Å². The van der Waals surface area contributed by atoms with E-state index in [-0.39, 0.29) is 11.8 Å². The molecule has 0 aliphatic carbocycles. The Labute approximate surface area is 127 Å². The molecule has 1 amide bonds. The number of aldehydes is 1. The summed E-state index contributed by atoms with van der Waals surface area (Å²) in [5, 5.41) is 2.74. The SMILES string of the molecule is O=C[C@H]1CCCCC(=O)Nc2cc(F)ccc2-c2c[nH]c1n2. The van der Waals surface area contributed by atoms with E-state index in [0.29, 0.717) is 42.0 Å². The van der Waals surface area contributed by atoms with Gasteiger partial charge in [0.2, 0.25) is 5.91 Å². The van der Waals surface area contributed by atoms with Gasteiger partial charge in [0.25, 0.3) is 0 Å². The number of benzene rings is 1. The Hall–Kier alpha value is -2.50. The Bertz CT molecular complexity index is 711. The Morgan fingerprint density at radius 2 is 2.18 bits per heavy atom. The van der Waals surface area contributed by atoms with Crippen LogP contribution in [0.2, 0.25) is 0 Å². The first-order valence-corrected chi connectivity index (χ1v) is 7.28. The second-order valence-electron chi connectivity index (χ2n) is 5.40. The molecule has 0 spiro atoms. The van der Waals surface area contributed by atoms with Crippen LogP contribution in [0.3, 0.4) is 0 Å². The summed E-state index contributed by atoms with van der Waals surface area (Å²) in [7, 11) is 0. The first-order valence-electron chi connectivity index (χ1n) is 7.28. The molecule has 1 aliphatic heterocycles. The minimum absolute atomic E-state index is 0.161. The molecule has 6 heteroatoms. The van der Waals surface area contributed by atoms with Crippen LogP contribution in [-0.4, -0.2) is 22.2 Å². The van der Waals surface area contributed by atoms with Gasteiger partial charge in [-0.15, -0.1) is 0 Å². The van der Waals surface area contributed by atoms with Crippen molar-refractivity contribution in [1.29, 1.82) is 0 Å². The van der Waals surface area contributed by atoms with E-state index in [1.165, 1.54) is 12.1 Å². The van der Waals surface area contributed by atoms with E-state index in [2.05, 4.69) is 15.3 Å². The van der Waals surface area contributed by atoms with Gasteiger partial charge >= 0.3 is 0 Å². The van der Waals surface area contributed by atoms with Gasteiger partial charge in [0, 0.05) is 18.2 Å². The summed E-state index contributed by atoms with van der Waals surface area (Å²) in [4.78, 5) is 30.6. The predicted molar refractivity (Wildman–Crippen MR) is 79.9 cm³/mol. The predicted octanol–water partition coefficient (Wildman–Crippen LogP) is 3.01. The molecule has 0 fully saturated rings. The first-order chi connectivity index (χ1) is 10.7. The maximum absolute atomic E-state index is 13.5. The van der Waals surface area contributed by atoms with E-state index in [0.717, 1.165) is 12.7 Å². The number of fused-ring (bicyclic) bond motifs is 4. The zero-order chi connectivity index (χ0) is 15.5. The topological polar surface area (TPSA) is 74.8 Å². The number of H-pyrrole nitrogens is 1. The summed E-state index contributed by atoms with van der Waals surface area (Å²) < 4.78 is 13.5. The fourth-order valence-corrected chi connectivity index (χ4v) is 2.64. The van der Waals surface area contributed by atoms with Crippen molar-refractivity contribution in [1.82, 2.24) is 9.97 Å². The fraction of sp³-hybridized carbons (Fsp3) is 0.312. The fourth-order valence-electron chi connectivity index (χ4n) is 2.64. The minimum atomic E-state index is -0.423. The Kier molecular flexibility index (Phi) is 4.00. The summed E-state index contributed by atoms with van der Waals surface area (Å²) in [5.41, 5.74) is 1.60. The number of rotatable bonds is 1. The number of carbonyl (C=O) groups excluding carboxylic acids is 2. The summed E-state index contributed by atoms with van der Waals surface area (Å²) in [5.74, 6) is -0.286. The molecule has 2 bridgehead atoms. The zero-order valence-corrected chi connectivity index (χ0v) is 11.9. The van der Waals surface area contributed by atoms with Crippen molar-refractivity contribution < 1.29 is 14.0 Å². The number of nitrogens with zero attached hydrogens (tertiary/aromatic N) is 1. The molecule has 5 nitrogen and oxygen atoms in total. The van der Waals surface area contributed by atoms with E-state index < -0.39 is 5.82 Å². The molecule has 0 saturated carbocycles. The van der Waals surface area contributed by atoms with Crippen LogP contribution >= 0.6 is 0 Å². The normalized spacial score (nSPS) is 18.6. The second kappa shape index (κ2) is 6.09. The molecular weight excluding hydrogens is 285 g/mol. The lowest BCUT2D eigenvalue weighted by Gasteiger charge is -2.12. The van der Waals surface area contributed by atoms with Gasteiger partial charge in [0.15, 0.2) is 0 Å². The largest absolute Gasteiger partial charge is 0.347 e. The van der Waals surface area contributed by atoms with E-state index in [9.17, 15) is 14.0 Å². The van der Waals surface area contributed by atoms with Crippen LogP contribution in [0, 0.1) is 5.82 Å². The van der Waals surface area contributed by atoms with Crippen molar-refractivity contribution in [2.75, 3.05) is 5.32 Å². The molecule has 1 atom stereocenters. The smallest absolute Gasteiger partial charge is 0.224 e. The number of nitrogens with one attached hydrogen (secondary N) is 2. The third-order valence-corrected chi connectivity index (χ3v) is 3.81. The lowest BCUT2D eigenvalue weighted by molar-refractivity contribution is -0.116. The quantitative estimate of drug-likeness (QED) is 0.795. The molecule has 1 aromatic heterocycles. The van der Waals surface area contributed by atoms with Crippen LogP contribution in [0.1, 0.15) is 37.4 Å². The average Bonchev–Trinajstić information content (AvgIpc) is 2.96. The van der Waals surface area contributed by atoms with E-state index in [4.69, 9.17) is 0 Å². The second-order valence-corrected chi connectivity index (χ2v) is 5.40. The molecule has 2 aromatic rings. The molecule has 2 N–H and O–H groups in total. The van der Waals surface area contributed by atoms with Crippen LogP contribution in [-0.2, 0) is 9.59 Å². The summed E-state index contributed by atoms with van der Waals surface area (Å²) in [6, 6.07) is 4.18. The van der Waals surface area contributed by atoms with Gasteiger partial charge in [-0.25, -0.2) is 9.37 Å². The van der Waals surface area contributed by atoms with Crippen LogP contribution in [0.15, 0.2) is 24.4 Å². The monoisotopic (exact) mass is 301 g/mol. The highest BCUT2D eigenvalue weighted by atomic mass is 19.1. The first kappa shape index (κ1) is 14.4. The third kappa shape index (κ3) is 2.90. The van der Waals surface area contributed by atoms with Crippen LogP contribution in [0.4, 0.5) is 10.1 Å². The Morgan fingerprint density at radius 1 is 1.32 bits per heavy atom. The molecule has 1 aromatic carbocycles. The number of anilines is 1. The van der Waals surface area contributed by atoms with Crippen molar-refractivity contribution in [3.8, 4) is 11.3 Å². The molecule has 3 rings (SSSR count). The summed E-state index contributed by atoms with van der Waals surface area (Å²) in [6.07, 6.45) is 4.98. The standard InChI is InChI=1S/C16H16FN3O2/c17-11-5-6-12-13(7-11)19-15(22)4-2-1-3-10(9-21)16-18-8-14(12)20-16/h5-10H,1-4H2,(H,18,20)(H,19,22)/t10-/m1/s1. The van der Waals surface area contributed by atoms with Crippen molar-refractivity contribution in [3.63, 3.8) is 0 Å². The number of halogens is 1. The summed E-state index contributed by atoms with van der Waals surface area (Å²) in [6.45, 7) is 0. The van der Waals surface area contributed by atoms with Crippen molar-refractivity contribution in [2.24, 2.45) is 0 Å².